The van der Waals surface area contributed by atoms with Gasteiger partial charge in [-0.2, -0.15) is 0 Å². The van der Waals surface area contributed by atoms with Crippen molar-refractivity contribution < 1.29 is 28.6 Å². The summed E-state index contributed by atoms with van der Waals surface area (Å²) in [6, 6.07) is 0. The Morgan fingerprint density at radius 3 is 0.925 bits per heavy atom. The van der Waals surface area contributed by atoms with Crippen LogP contribution >= 0.6 is 0 Å². The molecule has 0 saturated heterocycles. The third-order valence-corrected chi connectivity index (χ3v) is 12.8. The first-order valence-electron chi connectivity index (χ1n) is 29.1. The number of rotatable bonds is 53. The molecule has 0 bridgehead atoms. The van der Waals surface area contributed by atoms with Gasteiger partial charge in [-0.05, 0) is 77.0 Å². The van der Waals surface area contributed by atoms with Crippen molar-refractivity contribution in [3.63, 3.8) is 0 Å². The number of hydrogen-bond donors (Lipinski definition) is 0. The molecule has 6 heteroatoms. The van der Waals surface area contributed by atoms with E-state index in [1.54, 1.807) is 0 Å². The molecule has 0 aromatic carbocycles. The van der Waals surface area contributed by atoms with Gasteiger partial charge in [0.15, 0.2) is 6.10 Å². The fourth-order valence-electron chi connectivity index (χ4n) is 8.45. The third kappa shape index (κ3) is 54.2. The van der Waals surface area contributed by atoms with Gasteiger partial charge in [-0.15, -0.1) is 0 Å². The monoisotopic (exact) mass is 939 g/mol. The second kappa shape index (κ2) is 56.0. The highest BCUT2D eigenvalue weighted by Gasteiger charge is 2.19. The van der Waals surface area contributed by atoms with Crippen molar-refractivity contribution in [3.8, 4) is 0 Å². The van der Waals surface area contributed by atoms with Crippen molar-refractivity contribution >= 4 is 17.9 Å². The van der Waals surface area contributed by atoms with Crippen molar-refractivity contribution in [2.45, 2.75) is 309 Å². The molecule has 0 heterocycles. The molecule has 0 amide bonds. The molecule has 390 valence electrons. The van der Waals surface area contributed by atoms with E-state index >= 15 is 0 Å². The SMILES string of the molecule is CC/C=C\C/C=C\C/C=C\CCCCCCCCC(=O)OC(COC(=O)CCCCCCC/C=C\CCCCCCCCCCC)COC(=O)CCCCCCCCCCCCCCCCC. The highest BCUT2D eigenvalue weighted by atomic mass is 16.6. The van der Waals surface area contributed by atoms with Crippen molar-refractivity contribution in [1.29, 1.82) is 0 Å². The van der Waals surface area contributed by atoms with E-state index < -0.39 is 6.10 Å². The van der Waals surface area contributed by atoms with E-state index in [0.717, 1.165) is 96.3 Å². The first kappa shape index (κ1) is 64.4. The van der Waals surface area contributed by atoms with Crippen LogP contribution in [-0.4, -0.2) is 37.2 Å². The van der Waals surface area contributed by atoms with Crippen molar-refractivity contribution in [2.75, 3.05) is 13.2 Å². The lowest BCUT2D eigenvalue weighted by Crippen LogP contribution is -2.30. The Balaban J connectivity index is 4.37. The van der Waals surface area contributed by atoms with E-state index in [0.29, 0.717) is 19.3 Å². The van der Waals surface area contributed by atoms with Gasteiger partial charge in [0.05, 0.1) is 0 Å². The summed E-state index contributed by atoms with van der Waals surface area (Å²) in [6.07, 6.45) is 68.1. The molecule has 0 saturated carbocycles. The van der Waals surface area contributed by atoms with E-state index in [9.17, 15) is 14.4 Å². The van der Waals surface area contributed by atoms with Crippen LogP contribution in [0, 0.1) is 0 Å². The van der Waals surface area contributed by atoms with Gasteiger partial charge in [0.1, 0.15) is 13.2 Å². The Labute approximate surface area is 416 Å². The highest BCUT2D eigenvalue weighted by Crippen LogP contribution is 2.16. The Morgan fingerprint density at radius 2 is 0.582 bits per heavy atom. The molecule has 6 nitrogen and oxygen atoms in total. The Bertz CT molecular complexity index is 1170. The van der Waals surface area contributed by atoms with Gasteiger partial charge in [-0.1, -0.05) is 256 Å². The van der Waals surface area contributed by atoms with Crippen molar-refractivity contribution in [1.82, 2.24) is 0 Å². The van der Waals surface area contributed by atoms with Crippen LogP contribution in [0.4, 0.5) is 0 Å². The standard InChI is InChI=1S/C61H110O6/c1-4-7-10-13-16-19-22-25-28-30-31-34-36-39-42-45-48-51-54-60(63)66-57-58(56-65-59(62)53-50-47-44-41-38-35-32-27-24-21-18-15-12-9-6-3)67-61(64)55-52-49-46-43-40-37-33-29-26-23-20-17-14-11-8-5-2/h8,11,17,20,26,29,31,34,58H,4-7,9-10,12-16,18-19,21-25,27-28,30,32-33,35-57H2,1-3H3/b11-8-,20-17-,29-26-,34-31-. The van der Waals surface area contributed by atoms with Crippen LogP contribution in [0.1, 0.15) is 303 Å². The van der Waals surface area contributed by atoms with Crippen LogP contribution in [0.2, 0.25) is 0 Å². The highest BCUT2D eigenvalue weighted by molar-refractivity contribution is 5.71. The topological polar surface area (TPSA) is 78.9 Å². The Morgan fingerprint density at radius 1 is 0.313 bits per heavy atom. The second-order valence-electron chi connectivity index (χ2n) is 19.5. The number of carbonyl (C=O) groups is 3. The summed E-state index contributed by atoms with van der Waals surface area (Å²) in [5.41, 5.74) is 0. The zero-order valence-corrected chi connectivity index (χ0v) is 44.7. The lowest BCUT2D eigenvalue weighted by atomic mass is 10.0. The predicted molar refractivity (Wildman–Crippen MR) is 289 cm³/mol. The maximum Gasteiger partial charge on any atom is 0.306 e. The number of ether oxygens (including phenoxy) is 3. The van der Waals surface area contributed by atoms with Crippen LogP contribution in [0.3, 0.4) is 0 Å². The molecule has 1 atom stereocenters. The average molecular weight is 940 g/mol. The second-order valence-corrected chi connectivity index (χ2v) is 19.5. The lowest BCUT2D eigenvalue weighted by Gasteiger charge is -2.18. The van der Waals surface area contributed by atoms with Gasteiger partial charge in [0, 0.05) is 19.3 Å². The molecule has 0 spiro atoms. The normalized spacial score (nSPS) is 12.3. The first-order chi connectivity index (χ1) is 33.0. The smallest absolute Gasteiger partial charge is 0.306 e. The van der Waals surface area contributed by atoms with Gasteiger partial charge < -0.3 is 14.2 Å². The Kier molecular flexibility index (Phi) is 53.8. The van der Waals surface area contributed by atoms with E-state index in [1.165, 1.54) is 167 Å². The van der Waals surface area contributed by atoms with Gasteiger partial charge in [-0.3, -0.25) is 14.4 Å². The van der Waals surface area contributed by atoms with Crippen LogP contribution in [0.5, 0.6) is 0 Å². The minimum absolute atomic E-state index is 0.0781. The molecule has 0 aliphatic carbocycles. The predicted octanol–water partition coefficient (Wildman–Crippen LogP) is 19.4. The summed E-state index contributed by atoms with van der Waals surface area (Å²) < 4.78 is 16.9. The number of hydrogen-bond acceptors (Lipinski definition) is 6. The molecule has 0 aliphatic rings. The van der Waals surface area contributed by atoms with Gasteiger partial charge in [0.2, 0.25) is 0 Å². The van der Waals surface area contributed by atoms with Crippen LogP contribution in [0.15, 0.2) is 48.6 Å². The molecule has 0 aromatic heterocycles. The zero-order chi connectivity index (χ0) is 48.6. The minimum Gasteiger partial charge on any atom is -0.462 e. The third-order valence-electron chi connectivity index (χ3n) is 12.8. The van der Waals surface area contributed by atoms with Gasteiger partial charge in [0.25, 0.3) is 0 Å². The number of esters is 3. The van der Waals surface area contributed by atoms with Gasteiger partial charge >= 0.3 is 17.9 Å². The summed E-state index contributed by atoms with van der Waals surface area (Å²) in [5.74, 6) is -0.884. The summed E-state index contributed by atoms with van der Waals surface area (Å²) >= 11 is 0. The zero-order valence-electron chi connectivity index (χ0n) is 44.7. The van der Waals surface area contributed by atoms with E-state index in [-0.39, 0.29) is 31.1 Å². The largest absolute Gasteiger partial charge is 0.462 e. The average Bonchev–Trinajstić information content (AvgIpc) is 3.33. The molecule has 0 N–H and O–H groups in total. The van der Waals surface area contributed by atoms with Crippen LogP contribution in [-0.2, 0) is 28.6 Å². The molecular weight excluding hydrogens is 829 g/mol. The summed E-state index contributed by atoms with van der Waals surface area (Å²) in [6.45, 7) is 6.55. The minimum atomic E-state index is -0.781. The summed E-state index contributed by atoms with van der Waals surface area (Å²) in [7, 11) is 0. The molecule has 0 radical (unpaired) electrons. The molecule has 0 rings (SSSR count). The fraction of sp³-hybridized carbons (Fsp3) is 0.820. The Hall–Kier alpha value is -2.63. The van der Waals surface area contributed by atoms with Crippen LogP contribution < -0.4 is 0 Å². The van der Waals surface area contributed by atoms with Crippen molar-refractivity contribution in [2.24, 2.45) is 0 Å². The van der Waals surface area contributed by atoms with E-state index in [1.807, 2.05) is 0 Å². The van der Waals surface area contributed by atoms with E-state index in [2.05, 4.69) is 69.4 Å². The molecular formula is C61H110O6. The maximum atomic E-state index is 12.8. The fourth-order valence-corrected chi connectivity index (χ4v) is 8.45. The molecule has 0 fully saturated rings. The van der Waals surface area contributed by atoms with E-state index in [4.69, 9.17) is 14.2 Å². The molecule has 0 aliphatic heterocycles. The summed E-state index contributed by atoms with van der Waals surface area (Å²) in [4.78, 5) is 38.2. The quantitative estimate of drug-likeness (QED) is 0.0262. The van der Waals surface area contributed by atoms with Gasteiger partial charge in [-0.25, -0.2) is 0 Å². The number of allylic oxidation sites excluding steroid dienone is 8. The number of carbonyl (C=O) groups excluding carboxylic acids is 3. The molecule has 0 aromatic rings. The molecule has 67 heavy (non-hydrogen) atoms. The summed E-state index contributed by atoms with van der Waals surface area (Å²) in [5, 5.41) is 0. The van der Waals surface area contributed by atoms with Crippen molar-refractivity contribution in [3.05, 3.63) is 48.6 Å². The maximum absolute atomic E-state index is 12.8. The van der Waals surface area contributed by atoms with Crippen LogP contribution in [0.25, 0.3) is 0 Å². The number of unbranched alkanes of at least 4 members (excludes halogenated alkanes) is 34. The first-order valence-corrected chi connectivity index (χ1v) is 29.1. The lowest BCUT2D eigenvalue weighted by molar-refractivity contribution is -0.167. The molecule has 1 unspecified atom stereocenters.